The summed E-state index contributed by atoms with van der Waals surface area (Å²) in [5.74, 6) is -0.161. The maximum absolute atomic E-state index is 12.5. The summed E-state index contributed by atoms with van der Waals surface area (Å²) in [7, 11) is 0. The first-order valence-electron chi connectivity index (χ1n) is 9.85. The fraction of sp³-hybridized carbons (Fsp3) is 0.261. The molecule has 1 aromatic carbocycles. The van der Waals surface area contributed by atoms with Gasteiger partial charge in [-0.3, -0.25) is 14.8 Å². The summed E-state index contributed by atoms with van der Waals surface area (Å²) in [5.41, 5.74) is 5.64. The number of rotatable bonds is 8. The predicted octanol–water partition coefficient (Wildman–Crippen LogP) is 4.30. The Morgan fingerprint density at radius 1 is 1.00 bits per heavy atom. The third kappa shape index (κ3) is 5.31. The van der Waals surface area contributed by atoms with Gasteiger partial charge in [-0.25, -0.2) is 0 Å². The molecule has 150 valence electrons. The summed E-state index contributed by atoms with van der Waals surface area (Å²) >= 11 is 0. The van der Waals surface area contributed by atoms with Gasteiger partial charge in [0, 0.05) is 49.6 Å². The molecule has 0 fully saturated rings. The molecular weight excluding hydrogens is 362 g/mol. The van der Waals surface area contributed by atoms with Crippen LogP contribution >= 0.6 is 0 Å². The molecule has 0 aliphatic carbocycles. The molecule has 1 amide bonds. The van der Waals surface area contributed by atoms with Gasteiger partial charge in [-0.05, 0) is 68.3 Å². The minimum absolute atomic E-state index is 0.161. The summed E-state index contributed by atoms with van der Waals surface area (Å²) in [5, 5.41) is 6.28. The van der Waals surface area contributed by atoms with Gasteiger partial charge in [-0.2, -0.15) is 0 Å². The normalized spacial score (nSPS) is 10.4. The van der Waals surface area contributed by atoms with Crippen molar-refractivity contribution in [3.05, 3.63) is 77.9 Å². The zero-order valence-electron chi connectivity index (χ0n) is 17.1. The number of aryl methyl sites for hydroxylation is 1. The van der Waals surface area contributed by atoms with E-state index in [1.54, 1.807) is 24.8 Å². The van der Waals surface area contributed by atoms with Crippen LogP contribution in [0.5, 0.6) is 0 Å². The number of hydrogen-bond donors (Lipinski definition) is 2. The maximum atomic E-state index is 12.5. The van der Waals surface area contributed by atoms with Gasteiger partial charge in [0.2, 0.25) is 0 Å². The van der Waals surface area contributed by atoms with Crippen LogP contribution in [0.4, 0.5) is 17.1 Å². The molecule has 0 radical (unpaired) electrons. The molecule has 0 bridgehead atoms. The van der Waals surface area contributed by atoms with Crippen LogP contribution in [0.1, 0.15) is 35.3 Å². The lowest BCUT2D eigenvalue weighted by molar-refractivity contribution is 0.0950. The third-order valence-electron chi connectivity index (χ3n) is 4.82. The first-order chi connectivity index (χ1) is 14.1. The number of nitrogens with zero attached hydrogens (tertiary/aromatic N) is 3. The lowest BCUT2D eigenvalue weighted by atomic mass is 10.1. The zero-order chi connectivity index (χ0) is 20.6. The summed E-state index contributed by atoms with van der Waals surface area (Å²) in [6.45, 7) is 8.79. The number of hydrogen-bond acceptors (Lipinski definition) is 5. The van der Waals surface area contributed by atoms with Crippen LogP contribution in [0.25, 0.3) is 0 Å². The minimum atomic E-state index is -0.161. The molecule has 0 unspecified atom stereocenters. The summed E-state index contributed by atoms with van der Waals surface area (Å²) in [6, 6.07) is 11.9. The Hall–Kier alpha value is -3.41. The van der Waals surface area contributed by atoms with Gasteiger partial charge in [0.05, 0.1) is 17.4 Å². The van der Waals surface area contributed by atoms with Crippen LogP contribution in [0, 0.1) is 6.92 Å². The molecule has 0 atom stereocenters. The number of aromatic nitrogens is 2. The Morgan fingerprint density at radius 2 is 1.76 bits per heavy atom. The Bertz CT molecular complexity index is 954. The van der Waals surface area contributed by atoms with Gasteiger partial charge < -0.3 is 15.5 Å². The van der Waals surface area contributed by atoms with E-state index in [1.807, 2.05) is 18.2 Å². The monoisotopic (exact) mass is 389 g/mol. The van der Waals surface area contributed by atoms with E-state index < -0.39 is 0 Å². The highest BCUT2D eigenvalue weighted by Gasteiger charge is 2.09. The van der Waals surface area contributed by atoms with Crippen LogP contribution in [-0.2, 0) is 6.54 Å². The van der Waals surface area contributed by atoms with E-state index >= 15 is 0 Å². The molecule has 2 aromatic heterocycles. The van der Waals surface area contributed by atoms with E-state index in [1.165, 1.54) is 5.69 Å². The first-order valence-corrected chi connectivity index (χ1v) is 9.85. The van der Waals surface area contributed by atoms with Crippen molar-refractivity contribution in [2.45, 2.75) is 27.3 Å². The smallest absolute Gasteiger partial charge is 0.253 e. The predicted molar refractivity (Wildman–Crippen MR) is 118 cm³/mol. The molecule has 0 saturated heterocycles. The fourth-order valence-electron chi connectivity index (χ4n) is 3.15. The van der Waals surface area contributed by atoms with Crippen LogP contribution in [-0.4, -0.2) is 29.0 Å². The summed E-state index contributed by atoms with van der Waals surface area (Å²) in [4.78, 5) is 23.0. The summed E-state index contributed by atoms with van der Waals surface area (Å²) in [6.07, 6.45) is 6.71. The number of carbonyl (C=O) groups excluding carboxylic acids is 1. The van der Waals surface area contributed by atoms with Crippen molar-refractivity contribution in [2.24, 2.45) is 0 Å². The Kier molecular flexibility index (Phi) is 6.79. The average Bonchev–Trinajstić information content (AvgIpc) is 2.75. The van der Waals surface area contributed by atoms with E-state index in [0.717, 1.165) is 35.6 Å². The standard InChI is InChI=1S/C23H27N5O/c1-4-28(5-2)21-6-7-22(17(3)12-21)27-20-13-19(15-25-16-20)23(29)26-14-18-8-10-24-11-9-18/h6-13,15-16,27H,4-5,14H2,1-3H3,(H,26,29). The van der Waals surface area contributed by atoms with Crippen LogP contribution in [0.15, 0.2) is 61.2 Å². The van der Waals surface area contributed by atoms with Gasteiger partial charge in [0.1, 0.15) is 0 Å². The molecule has 6 nitrogen and oxygen atoms in total. The molecular formula is C23H27N5O. The number of anilines is 3. The average molecular weight is 390 g/mol. The molecule has 0 spiro atoms. The second kappa shape index (κ2) is 9.68. The highest BCUT2D eigenvalue weighted by molar-refractivity contribution is 5.94. The molecule has 3 rings (SSSR count). The van der Waals surface area contributed by atoms with Crippen molar-refractivity contribution >= 4 is 23.0 Å². The van der Waals surface area contributed by atoms with Crippen molar-refractivity contribution in [1.82, 2.24) is 15.3 Å². The molecule has 0 saturated carbocycles. The van der Waals surface area contributed by atoms with Crippen molar-refractivity contribution in [3.63, 3.8) is 0 Å². The van der Waals surface area contributed by atoms with E-state index in [4.69, 9.17) is 0 Å². The number of benzene rings is 1. The topological polar surface area (TPSA) is 70.2 Å². The largest absolute Gasteiger partial charge is 0.372 e. The zero-order valence-corrected chi connectivity index (χ0v) is 17.1. The Morgan fingerprint density at radius 3 is 2.45 bits per heavy atom. The van der Waals surface area contributed by atoms with Crippen molar-refractivity contribution in [2.75, 3.05) is 23.3 Å². The SMILES string of the molecule is CCN(CC)c1ccc(Nc2cncc(C(=O)NCc3ccncc3)c2)c(C)c1. The first kappa shape index (κ1) is 20.3. The number of pyridine rings is 2. The number of carbonyl (C=O) groups is 1. The highest BCUT2D eigenvalue weighted by atomic mass is 16.1. The maximum Gasteiger partial charge on any atom is 0.253 e. The molecule has 0 aliphatic heterocycles. The minimum Gasteiger partial charge on any atom is -0.372 e. The van der Waals surface area contributed by atoms with Crippen LogP contribution in [0.3, 0.4) is 0 Å². The second-order valence-corrected chi connectivity index (χ2v) is 6.80. The Labute approximate surface area is 172 Å². The Balaban J connectivity index is 1.68. The van der Waals surface area contributed by atoms with Crippen molar-refractivity contribution in [1.29, 1.82) is 0 Å². The lowest BCUT2D eigenvalue weighted by Gasteiger charge is -2.22. The third-order valence-corrected chi connectivity index (χ3v) is 4.82. The van der Waals surface area contributed by atoms with Gasteiger partial charge in [0.25, 0.3) is 5.91 Å². The summed E-state index contributed by atoms with van der Waals surface area (Å²) < 4.78 is 0. The van der Waals surface area contributed by atoms with Crippen LogP contribution < -0.4 is 15.5 Å². The van der Waals surface area contributed by atoms with E-state index in [9.17, 15) is 4.79 Å². The molecule has 6 heteroatoms. The van der Waals surface area contributed by atoms with Crippen molar-refractivity contribution < 1.29 is 4.79 Å². The van der Waals surface area contributed by atoms with E-state index in [0.29, 0.717) is 12.1 Å². The van der Waals surface area contributed by atoms with E-state index in [-0.39, 0.29) is 5.91 Å². The molecule has 3 aromatic rings. The van der Waals surface area contributed by atoms with Gasteiger partial charge in [0.15, 0.2) is 0 Å². The highest BCUT2D eigenvalue weighted by Crippen LogP contribution is 2.25. The molecule has 29 heavy (non-hydrogen) atoms. The molecule has 0 aliphatic rings. The molecule has 2 N–H and O–H groups in total. The van der Waals surface area contributed by atoms with Gasteiger partial charge in [-0.1, -0.05) is 0 Å². The van der Waals surface area contributed by atoms with Gasteiger partial charge >= 0.3 is 0 Å². The molecule has 2 heterocycles. The van der Waals surface area contributed by atoms with Gasteiger partial charge in [-0.15, -0.1) is 0 Å². The van der Waals surface area contributed by atoms with E-state index in [2.05, 4.69) is 64.5 Å². The number of amides is 1. The number of nitrogens with one attached hydrogen (secondary N) is 2. The van der Waals surface area contributed by atoms with Crippen molar-refractivity contribution in [3.8, 4) is 0 Å². The second-order valence-electron chi connectivity index (χ2n) is 6.80. The fourth-order valence-corrected chi connectivity index (χ4v) is 3.15. The lowest BCUT2D eigenvalue weighted by Crippen LogP contribution is -2.23. The quantitative estimate of drug-likeness (QED) is 0.601. The van der Waals surface area contributed by atoms with Crippen LogP contribution in [0.2, 0.25) is 0 Å².